The Bertz CT molecular complexity index is 1060. The molecular formula is C24H24FN3O2. The van der Waals surface area contributed by atoms with Crippen LogP contribution in [0.3, 0.4) is 0 Å². The van der Waals surface area contributed by atoms with Gasteiger partial charge in [0.2, 0.25) is 0 Å². The lowest BCUT2D eigenvalue weighted by Crippen LogP contribution is -2.33. The normalized spacial score (nSPS) is 18.7. The first-order valence-corrected chi connectivity index (χ1v) is 10.3. The fourth-order valence-corrected chi connectivity index (χ4v) is 4.05. The zero-order valence-electron chi connectivity index (χ0n) is 16.6. The van der Waals surface area contributed by atoms with Crippen molar-refractivity contribution in [3.05, 3.63) is 94.2 Å². The van der Waals surface area contributed by atoms with E-state index in [-0.39, 0.29) is 17.2 Å². The van der Waals surface area contributed by atoms with Crippen LogP contribution in [-0.4, -0.2) is 22.2 Å². The SMILES string of the molecule is O=C(NCC1CCC(c2ccccc2)CC1)c1ccc(=O)n(-c2ccc(F)cc2)n1. The predicted octanol–water partition coefficient (Wildman–Crippen LogP) is 4.08. The summed E-state index contributed by atoms with van der Waals surface area (Å²) in [6.45, 7) is 0.595. The number of halogens is 1. The van der Waals surface area contributed by atoms with Crippen LogP contribution in [0.5, 0.6) is 0 Å². The Morgan fingerprint density at radius 3 is 2.37 bits per heavy atom. The molecular weight excluding hydrogens is 381 g/mol. The van der Waals surface area contributed by atoms with Crippen LogP contribution in [0.4, 0.5) is 4.39 Å². The fourth-order valence-electron chi connectivity index (χ4n) is 4.05. The summed E-state index contributed by atoms with van der Waals surface area (Å²) in [4.78, 5) is 24.7. The van der Waals surface area contributed by atoms with E-state index in [1.165, 1.54) is 42.0 Å². The lowest BCUT2D eigenvalue weighted by Gasteiger charge is -2.28. The van der Waals surface area contributed by atoms with Gasteiger partial charge in [-0.2, -0.15) is 9.78 Å². The standard InChI is InChI=1S/C24H24FN3O2/c25-20-10-12-21(13-11-20)28-23(29)15-14-22(27-28)24(30)26-16-17-6-8-19(9-7-17)18-4-2-1-3-5-18/h1-5,10-15,17,19H,6-9,16H2,(H,26,30). The number of amides is 1. The number of carbonyl (C=O) groups excluding carboxylic acids is 1. The van der Waals surface area contributed by atoms with Crippen LogP contribution in [-0.2, 0) is 0 Å². The minimum absolute atomic E-state index is 0.164. The van der Waals surface area contributed by atoms with E-state index >= 15 is 0 Å². The fraction of sp³-hybridized carbons (Fsp3) is 0.292. The van der Waals surface area contributed by atoms with Crippen LogP contribution in [0.15, 0.2) is 71.5 Å². The van der Waals surface area contributed by atoms with E-state index in [1.54, 1.807) is 0 Å². The van der Waals surface area contributed by atoms with Gasteiger partial charge in [-0.25, -0.2) is 4.39 Å². The molecule has 1 heterocycles. The van der Waals surface area contributed by atoms with Gasteiger partial charge in [0.25, 0.3) is 11.5 Å². The molecule has 6 heteroatoms. The van der Waals surface area contributed by atoms with Crippen molar-refractivity contribution in [2.45, 2.75) is 31.6 Å². The summed E-state index contributed by atoms with van der Waals surface area (Å²) in [5, 5.41) is 7.11. The number of hydrogen-bond acceptors (Lipinski definition) is 3. The molecule has 1 N–H and O–H groups in total. The maximum Gasteiger partial charge on any atom is 0.271 e. The zero-order valence-corrected chi connectivity index (χ0v) is 16.6. The van der Waals surface area contributed by atoms with E-state index in [4.69, 9.17) is 0 Å². The Kier molecular flexibility index (Phi) is 6.02. The molecule has 3 aromatic rings. The molecule has 1 saturated carbocycles. The van der Waals surface area contributed by atoms with Crippen molar-refractivity contribution >= 4 is 5.91 Å². The number of nitrogens with one attached hydrogen (secondary N) is 1. The van der Waals surface area contributed by atoms with Crippen LogP contribution in [0.25, 0.3) is 5.69 Å². The minimum atomic E-state index is -0.400. The summed E-state index contributed by atoms with van der Waals surface area (Å²) in [5.74, 6) is 0.328. The van der Waals surface area contributed by atoms with E-state index < -0.39 is 5.82 Å². The van der Waals surface area contributed by atoms with Crippen LogP contribution >= 0.6 is 0 Å². The number of nitrogens with zero attached hydrogens (tertiary/aromatic N) is 2. The summed E-state index contributed by atoms with van der Waals surface area (Å²) in [6, 6.07) is 18.7. The van der Waals surface area contributed by atoms with Crippen LogP contribution < -0.4 is 10.9 Å². The van der Waals surface area contributed by atoms with Crippen LogP contribution in [0.1, 0.15) is 47.7 Å². The summed E-state index contributed by atoms with van der Waals surface area (Å²) in [7, 11) is 0. The van der Waals surface area contributed by atoms with E-state index in [0.29, 0.717) is 24.1 Å². The topological polar surface area (TPSA) is 64.0 Å². The maximum absolute atomic E-state index is 13.1. The van der Waals surface area contributed by atoms with Crippen molar-refractivity contribution in [3.8, 4) is 5.69 Å². The van der Waals surface area contributed by atoms with Gasteiger partial charge in [-0.1, -0.05) is 30.3 Å². The Morgan fingerprint density at radius 2 is 1.67 bits per heavy atom. The number of hydrogen-bond donors (Lipinski definition) is 1. The van der Waals surface area contributed by atoms with Gasteiger partial charge in [-0.3, -0.25) is 9.59 Å². The van der Waals surface area contributed by atoms with E-state index in [2.05, 4.69) is 34.7 Å². The van der Waals surface area contributed by atoms with Gasteiger partial charge in [-0.15, -0.1) is 0 Å². The zero-order chi connectivity index (χ0) is 20.9. The summed E-state index contributed by atoms with van der Waals surface area (Å²) < 4.78 is 14.2. The molecule has 1 amide bonds. The molecule has 1 fully saturated rings. The molecule has 2 aromatic carbocycles. The summed E-state index contributed by atoms with van der Waals surface area (Å²) >= 11 is 0. The van der Waals surface area contributed by atoms with Gasteiger partial charge in [0.1, 0.15) is 11.5 Å². The molecule has 0 saturated heterocycles. The maximum atomic E-state index is 13.1. The summed E-state index contributed by atoms with van der Waals surface area (Å²) in [5.41, 5.74) is 1.59. The van der Waals surface area contributed by atoms with Crippen molar-refractivity contribution in [2.75, 3.05) is 6.54 Å². The highest BCUT2D eigenvalue weighted by Gasteiger charge is 2.23. The van der Waals surface area contributed by atoms with Gasteiger partial charge in [0, 0.05) is 12.6 Å². The van der Waals surface area contributed by atoms with Crippen molar-refractivity contribution < 1.29 is 9.18 Å². The van der Waals surface area contributed by atoms with Gasteiger partial charge >= 0.3 is 0 Å². The molecule has 1 aromatic heterocycles. The Balaban J connectivity index is 1.35. The lowest BCUT2D eigenvalue weighted by atomic mass is 9.79. The third-order valence-corrected chi connectivity index (χ3v) is 5.77. The first-order valence-electron chi connectivity index (χ1n) is 10.3. The molecule has 0 spiro atoms. The highest BCUT2D eigenvalue weighted by molar-refractivity contribution is 5.92. The molecule has 1 aliphatic rings. The molecule has 1 aliphatic carbocycles. The monoisotopic (exact) mass is 405 g/mol. The third-order valence-electron chi connectivity index (χ3n) is 5.77. The molecule has 5 nitrogen and oxygen atoms in total. The Labute approximate surface area is 174 Å². The molecule has 30 heavy (non-hydrogen) atoms. The molecule has 0 unspecified atom stereocenters. The molecule has 0 aliphatic heterocycles. The highest BCUT2D eigenvalue weighted by atomic mass is 19.1. The second-order valence-corrected chi connectivity index (χ2v) is 7.78. The number of carbonyl (C=O) groups is 1. The third kappa shape index (κ3) is 4.64. The molecule has 4 rings (SSSR count). The first kappa shape index (κ1) is 20.0. The Hall–Kier alpha value is -3.28. The lowest BCUT2D eigenvalue weighted by molar-refractivity contribution is 0.0936. The van der Waals surface area contributed by atoms with Gasteiger partial charge in [0.05, 0.1) is 5.69 Å². The second-order valence-electron chi connectivity index (χ2n) is 7.78. The van der Waals surface area contributed by atoms with Crippen LogP contribution in [0, 0.1) is 11.7 Å². The average molecular weight is 405 g/mol. The highest BCUT2D eigenvalue weighted by Crippen LogP contribution is 2.35. The minimum Gasteiger partial charge on any atom is -0.350 e. The van der Waals surface area contributed by atoms with Crippen molar-refractivity contribution in [1.82, 2.24) is 15.1 Å². The average Bonchev–Trinajstić information content (AvgIpc) is 2.79. The molecule has 0 atom stereocenters. The van der Waals surface area contributed by atoms with Gasteiger partial charge in [-0.05, 0) is 73.4 Å². The number of aromatic nitrogens is 2. The second kappa shape index (κ2) is 9.03. The van der Waals surface area contributed by atoms with E-state index in [1.807, 2.05) is 6.07 Å². The van der Waals surface area contributed by atoms with Crippen molar-refractivity contribution in [3.63, 3.8) is 0 Å². The molecule has 154 valence electrons. The van der Waals surface area contributed by atoms with Crippen molar-refractivity contribution in [2.24, 2.45) is 5.92 Å². The quantitative estimate of drug-likeness (QED) is 0.696. The first-order chi connectivity index (χ1) is 14.6. The molecule has 0 radical (unpaired) electrons. The van der Waals surface area contributed by atoms with E-state index in [9.17, 15) is 14.0 Å². The molecule has 0 bridgehead atoms. The largest absolute Gasteiger partial charge is 0.350 e. The number of rotatable bonds is 5. The van der Waals surface area contributed by atoms with Gasteiger partial charge < -0.3 is 5.32 Å². The van der Waals surface area contributed by atoms with Gasteiger partial charge in [0.15, 0.2) is 0 Å². The summed E-state index contributed by atoms with van der Waals surface area (Å²) in [6.07, 6.45) is 4.39. The predicted molar refractivity (Wildman–Crippen MR) is 113 cm³/mol. The van der Waals surface area contributed by atoms with Crippen LogP contribution in [0.2, 0.25) is 0 Å². The van der Waals surface area contributed by atoms with E-state index in [0.717, 1.165) is 30.4 Å². The van der Waals surface area contributed by atoms with Crippen molar-refractivity contribution in [1.29, 1.82) is 0 Å². The number of benzene rings is 2. The Morgan fingerprint density at radius 1 is 0.967 bits per heavy atom. The smallest absolute Gasteiger partial charge is 0.271 e.